The Morgan fingerprint density at radius 3 is 2.33 bits per heavy atom. The molecule has 0 spiro atoms. The summed E-state index contributed by atoms with van der Waals surface area (Å²) in [7, 11) is 0. The van der Waals surface area contributed by atoms with Crippen LogP contribution in [-0.4, -0.2) is 28.7 Å². The largest absolute Gasteiger partial charge is 0.346 e. The Hall–Kier alpha value is -2.95. The van der Waals surface area contributed by atoms with E-state index in [1.54, 1.807) is 13.1 Å². The van der Waals surface area contributed by atoms with E-state index in [1.165, 1.54) is 5.56 Å². The average molecular weight is 363 g/mol. The van der Waals surface area contributed by atoms with Crippen molar-refractivity contribution in [3.8, 4) is 0 Å². The Morgan fingerprint density at radius 1 is 1.07 bits per heavy atom. The maximum atomic E-state index is 12.8. The first-order valence-corrected chi connectivity index (χ1v) is 9.12. The molecule has 0 unspecified atom stereocenters. The molecule has 3 rings (SSSR count). The van der Waals surface area contributed by atoms with Gasteiger partial charge in [0, 0.05) is 5.56 Å². The summed E-state index contributed by atoms with van der Waals surface area (Å²) in [6.45, 7) is 7.79. The molecule has 1 aliphatic heterocycles. The normalized spacial score (nSPS) is 19.8. The standard InChI is InChI=1S/C22H25N3O2/c1-15-12-16(2)19(17(3)13-15)14-23-25-20(26)22(4,24-21(25)27)11-10-18-8-6-5-7-9-18/h5-9,12-14H,10-11H2,1-4H3,(H,24,27)/b23-14-/t22-/m1/s1. The second kappa shape index (κ2) is 7.35. The third-order valence-electron chi connectivity index (χ3n) is 5.04. The molecule has 1 fully saturated rings. The van der Waals surface area contributed by atoms with Crippen LogP contribution in [0.5, 0.6) is 0 Å². The third-order valence-corrected chi connectivity index (χ3v) is 5.04. The van der Waals surface area contributed by atoms with Crippen LogP contribution >= 0.6 is 0 Å². The van der Waals surface area contributed by atoms with Crippen LogP contribution in [0.25, 0.3) is 0 Å². The highest BCUT2D eigenvalue weighted by molar-refractivity contribution is 6.07. The molecule has 2 aromatic carbocycles. The van der Waals surface area contributed by atoms with Crippen molar-refractivity contribution in [1.29, 1.82) is 0 Å². The molecule has 0 saturated carbocycles. The Labute approximate surface area is 160 Å². The van der Waals surface area contributed by atoms with Crippen LogP contribution in [-0.2, 0) is 11.2 Å². The SMILES string of the molecule is Cc1cc(C)c(/C=N\N2C(=O)N[C@](C)(CCc3ccccc3)C2=O)c(C)c1. The van der Waals surface area contributed by atoms with Gasteiger partial charge >= 0.3 is 6.03 Å². The molecule has 5 heteroatoms. The van der Waals surface area contributed by atoms with E-state index in [-0.39, 0.29) is 5.91 Å². The van der Waals surface area contributed by atoms with Crippen molar-refractivity contribution in [2.24, 2.45) is 5.10 Å². The molecular formula is C22H25N3O2. The minimum Gasteiger partial charge on any atom is -0.322 e. The third kappa shape index (κ3) is 3.92. The fourth-order valence-corrected chi connectivity index (χ4v) is 3.49. The van der Waals surface area contributed by atoms with Crippen molar-refractivity contribution in [2.45, 2.75) is 46.1 Å². The van der Waals surface area contributed by atoms with E-state index in [2.05, 4.69) is 22.6 Å². The molecule has 3 amide bonds. The molecule has 0 radical (unpaired) electrons. The summed E-state index contributed by atoms with van der Waals surface area (Å²) in [5.74, 6) is -0.318. The van der Waals surface area contributed by atoms with Crippen molar-refractivity contribution >= 4 is 18.2 Å². The van der Waals surface area contributed by atoms with Gasteiger partial charge < -0.3 is 5.32 Å². The van der Waals surface area contributed by atoms with Crippen molar-refractivity contribution < 1.29 is 9.59 Å². The number of hydrogen-bond donors (Lipinski definition) is 1. The van der Waals surface area contributed by atoms with Crippen molar-refractivity contribution in [3.05, 3.63) is 70.3 Å². The molecule has 1 N–H and O–H groups in total. The van der Waals surface area contributed by atoms with E-state index < -0.39 is 11.6 Å². The van der Waals surface area contributed by atoms with Gasteiger partial charge in [-0.1, -0.05) is 48.0 Å². The lowest BCUT2D eigenvalue weighted by Crippen LogP contribution is -2.44. The highest BCUT2D eigenvalue weighted by Gasteiger charge is 2.47. The van der Waals surface area contributed by atoms with Gasteiger partial charge in [0.2, 0.25) is 0 Å². The van der Waals surface area contributed by atoms with Gasteiger partial charge in [0.05, 0.1) is 6.21 Å². The Bertz CT molecular complexity index is 882. The topological polar surface area (TPSA) is 61.8 Å². The summed E-state index contributed by atoms with van der Waals surface area (Å²) in [6.07, 6.45) is 2.83. The van der Waals surface area contributed by atoms with Gasteiger partial charge in [0.1, 0.15) is 5.54 Å². The smallest absolute Gasteiger partial charge is 0.322 e. The lowest BCUT2D eigenvalue weighted by atomic mass is 9.93. The number of aryl methyl sites for hydroxylation is 4. The minimum atomic E-state index is -0.943. The number of amides is 3. The lowest BCUT2D eigenvalue weighted by molar-refractivity contribution is -0.130. The number of benzene rings is 2. The van der Waals surface area contributed by atoms with E-state index in [4.69, 9.17) is 0 Å². The van der Waals surface area contributed by atoms with E-state index in [0.717, 1.165) is 27.3 Å². The molecule has 0 aliphatic carbocycles. The Morgan fingerprint density at radius 2 is 1.70 bits per heavy atom. The van der Waals surface area contributed by atoms with Crippen LogP contribution in [0.3, 0.4) is 0 Å². The number of nitrogens with zero attached hydrogens (tertiary/aromatic N) is 2. The average Bonchev–Trinajstić information content (AvgIpc) is 2.83. The molecule has 1 heterocycles. The first-order valence-electron chi connectivity index (χ1n) is 9.12. The van der Waals surface area contributed by atoms with Gasteiger partial charge in [-0.2, -0.15) is 5.10 Å². The van der Waals surface area contributed by atoms with Crippen LogP contribution in [0.15, 0.2) is 47.6 Å². The molecular weight excluding hydrogens is 338 g/mol. The van der Waals surface area contributed by atoms with Crippen molar-refractivity contribution in [3.63, 3.8) is 0 Å². The summed E-state index contributed by atoms with van der Waals surface area (Å²) in [4.78, 5) is 25.2. The van der Waals surface area contributed by atoms with Gasteiger partial charge in [-0.15, -0.1) is 5.01 Å². The van der Waals surface area contributed by atoms with Crippen molar-refractivity contribution in [1.82, 2.24) is 10.3 Å². The summed E-state index contributed by atoms with van der Waals surface area (Å²) in [5, 5.41) is 7.95. The molecule has 140 valence electrons. The fraction of sp³-hybridized carbons (Fsp3) is 0.318. The van der Waals surface area contributed by atoms with E-state index >= 15 is 0 Å². The van der Waals surface area contributed by atoms with Gasteiger partial charge in [-0.05, 0) is 57.2 Å². The number of imide groups is 1. The first-order chi connectivity index (χ1) is 12.8. The molecule has 1 aliphatic rings. The second-order valence-electron chi connectivity index (χ2n) is 7.42. The molecule has 1 saturated heterocycles. The highest BCUT2D eigenvalue weighted by Crippen LogP contribution is 2.24. The van der Waals surface area contributed by atoms with Gasteiger partial charge in [-0.3, -0.25) is 4.79 Å². The molecule has 0 aromatic heterocycles. The summed E-state index contributed by atoms with van der Waals surface area (Å²) in [6, 6.07) is 13.6. The monoisotopic (exact) mass is 363 g/mol. The number of carbonyl (C=O) groups is 2. The molecule has 5 nitrogen and oxygen atoms in total. The van der Waals surface area contributed by atoms with E-state index in [9.17, 15) is 9.59 Å². The van der Waals surface area contributed by atoms with Crippen LogP contribution in [0.1, 0.15) is 41.2 Å². The zero-order chi connectivity index (χ0) is 19.6. The Kier molecular flexibility index (Phi) is 5.13. The van der Waals surface area contributed by atoms with Gasteiger partial charge in [0.25, 0.3) is 5.91 Å². The van der Waals surface area contributed by atoms with Crippen LogP contribution in [0.2, 0.25) is 0 Å². The van der Waals surface area contributed by atoms with Gasteiger partial charge in [-0.25, -0.2) is 4.79 Å². The number of rotatable bonds is 5. The predicted octanol–water partition coefficient (Wildman–Crippen LogP) is 3.89. The second-order valence-corrected chi connectivity index (χ2v) is 7.42. The number of urea groups is 1. The highest BCUT2D eigenvalue weighted by atomic mass is 16.2. The summed E-state index contributed by atoms with van der Waals surface area (Å²) >= 11 is 0. The number of hydrazone groups is 1. The first kappa shape index (κ1) is 18.8. The van der Waals surface area contributed by atoms with E-state index in [1.807, 2.05) is 51.1 Å². The van der Waals surface area contributed by atoms with Crippen LogP contribution in [0, 0.1) is 20.8 Å². The number of nitrogens with one attached hydrogen (secondary N) is 1. The van der Waals surface area contributed by atoms with Crippen molar-refractivity contribution in [2.75, 3.05) is 0 Å². The molecule has 2 aromatic rings. The molecule has 27 heavy (non-hydrogen) atoms. The Balaban J connectivity index is 1.76. The minimum absolute atomic E-state index is 0.318. The quantitative estimate of drug-likeness (QED) is 0.647. The van der Waals surface area contributed by atoms with Crippen LogP contribution in [0.4, 0.5) is 4.79 Å². The fourth-order valence-electron chi connectivity index (χ4n) is 3.49. The van der Waals surface area contributed by atoms with Gasteiger partial charge in [0.15, 0.2) is 0 Å². The summed E-state index contributed by atoms with van der Waals surface area (Å²) in [5.41, 5.74) is 4.42. The maximum Gasteiger partial charge on any atom is 0.346 e. The summed E-state index contributed by atoms with van der Waals surface area (Å²) < 4.78 is 0. The maximum absolute atomic E-state index is 12.8. The van der Waals surface area contributed by atoms with Crippen LogP contribution < -0.4 is 5.32 Å². The zero-order valence-corrected chi connectivity index (χ0v) is 16.2. The zero-order valence-electron chi connectivity index (χ0n) is 16.2. The van der Waals surface area contributed by atoms with E-state index in [0.29, 0.717) is 12.8 Å². The lowest BCUT2D eigenvalue weighted by Gasteiger charge is -2.20. The predicted molar refractivity (Wildman–Crippen MR) is 107 cm³/mol. The molecule has 1 atom stereocenters. The number of carbonyl (C=O) groups excluding carboxylic acids is 2. The molecule has 0 bridgehead atoms. The number of hydrogen-bond acceptors (Lipinski definition) is 3.